The first-order valence-electron chi connectivity index (χ1n) is 4.28. The van der Waals surface area contributed by atoms with Gasteiger partial charge < -0.3 is 0 Å². The first kappa shape index (κ1) is 11.5. The van der Waals surface area contributed by atoms with Gasteiger partial charge in [-0.2, -0.15) is 0 Å². The van der Waals surface area contributed by atoms with E-state index in [0.29, 0.717) is 5.02 Å². The van der Waals surface area contributed by atoms with Gasteiger partial charge in [-0.05, 0) is 35.8 Å². The Morgan fingerprint density at radius 2 is 2.29 bits per heavy atom. The van der Waals surface area contributed by atoms with Crippen LogP contribution in [0.4, 0.5) is 0 Å². The summed E-state index contributed by atoms with van der Waals surface area (Å²) in [6, 6.07) is 5.49. The number of hydrogen-bond acceptors (Lipinski definition) is 1. The Kier molecular flexibility index (Phi) is 4.36. The summed E-state index contributed by atoms with van der Waals surface area (Å²) in [6.45, 7) is 1.95. The lowest BCUT2D eigenvalue weighted by molar-refractivity contribution is -0.104. The highest BCUT2D eigenvalue weighted by molar-refractivity contribution is 9.10. The molecule has 0 aliphatic carbocycles. The molecule has 0 atom stereocenters. The molecule has 74 valence electrons. The summed E-state index contributed by atoms with van der Waals surface area (Å²) in [5, 5.41) is 0.679. The van der Waals surface area contributed by atoms with Gasteiger partial charge in [0.15, 0.2) is 0 Å². The molecule has 0 N–H and O–H groups in total. The molecule has 0 amide bonds. The molecular weight excluding hydrogens is 263 g/mol. The average Bonchev–Trinajstić information content (AvgIpc) is 2.17. The largest absolute Gasteiger partial charge is 0.298 e. The van der Waals surface area contributed by atoms with Gasteiger partial charge in [0, 0.05) is 9.50 Å². The molecule has 0 radical (unpaired) electrons. The van der Waals surface area contributed by atoms with Crippen molar-refractivity contribution in [2.24, 2.45) is 0 Å². The Balaban J connectivity index is 3.08. The van der Waals surface area contributed by atoms with Crippen molar-refractivity contribution in [3.8, 4) is 0 Å². The van der Waals surface area contributed by atoms with Gasteiger partial charge in [0.1, 0.15) is 6.29 Å². The normalized spacial score (nSPS) is 11.5. The highest BCUT2D eigenvalue weighted by atomic mass is 79.9. The van der Waals surface area contributed by atoms with E-state index in [1.807, 2.05) is 25.1 Å². The summed E-state index contributed by atoms with van der Waals surface area (Å²) >= 11 is 9.19. The minimum atomic E-state index is 0.679. The molecule has 0 aliphatic rings. The lowest BCUT2D eigenvalue weighted by Gasteiger charge is -2.00. The second-order valence-electron chi connectivity index (χ2n) is 2.86. The number of carbonyl (C=O) groups excluding carboxylic acids is 1. The summed E-state index contributed by atoms with van der Waals surface area (Å²) in [6.07, 6.45) is 3.47. The number of rotatable bonds is 3. The van der Waals surface area contributed by atoms with Crippen LogP contribution in [0.15, 0.2) is 28.2 Å². The summed E-state index contributed by atoms with van der Waals surface area (Å²) in [5.41, 5.74) is 1.74. The number of halogens is 2. The quantitative estimate of drug-likeness (QED) is 0.599. The monoisotopic (exact) mass is 272 g/mol. The third kappa shape index (κ3) is 2.96. The number of hydrogen-bond donors (Lipinski definition) is 0. The van der Waals surface area contributed by atoms with Crippen molar-refractivity contribution in [3.05, 3.63) is 38.8 Å². The lowest BCUT2D eigenvalue weighted by atomic mass is 10.1. The fraction of sp³-hybridized carbons (Fsp3) is 0.182. The number of allylic oxidation sites excluding steroid dienone is 1. The van der Waals surface area contributed by atoms with Crippen LogP contribution >= 0.6 is 27.5 Å². The van der Waals surface area contributed by atoms with Gasteiger partial charge in [0.25, 0.3) is 0 Å². The third-order valence-electron chi connectivity index (χ3n) is 1.86. The van der Waals surface area contributed by atoms with Crippen LogP contribution in [-0.4, -0.2) is 6.29 Å². The Bertz CT molecular complexity index is 372. The van der Waals surface area contributed by atoms with Crippen LogP contribution in [0.5, 0.6) is 0 Å². The predicted octanol–water partition coefficient (Wildman–Crippen LogP) is 4.09. The Labute approximate surface area is 96.9 Å². The Morgan fingerprint density at radius 1 is 1.57 bits per heavy atom. The van der Waals surface area contributed by atoms with Crippen molar-refractivity contribution in [3.63, 3.8) is 0 Å². The molecule has 0 aliphatic heterocycles. The summed E-state index contributed by atoms with van der Waals surface area (Å²) < 4.78 is 0.901. The first-order chi connectivity index (χ1) is 6.67. The molecule has 1 aromatic rings. The molecule has 0 bridgehead atoms. The van der Waals surface area contributed by atoms with Gasteiger partial charge in [-0.3, -0.25) is 4.79 Å². The van der Waals surface area contributed by atoms with Gasteiger partial charge in [0.2, 0.25) is 0 Å². The van der Waals surface area contributed by atoms with E-state index in [4.69, 9.17) is 11.6 Å². The molecule has 14 heavy (non-hydrogen) atoms. The van der Waals surface area contributed by atoms with E-state index in [1.54, 1.807) is 6.07 Å². The van der Waals surface area contributed by atoms with Gasteiger partial charge >= 0.3 is 0 Å². The molecule has 0 saturated heterocycles. The highest BCUT2D eigenvalue weighted by Gasteiger charge is 1.99. The van der Waals surface area contributed by atoms with Crippen LogP contribution in [0.25, 0.3) is 6.08 Å². The van der Waals surface area contributed by atoms with E-state index >= 15 is 0 Å². The van der Waals surface area contributed by atoms with Gasteiger partial charge in [0.05, 0.1) is 0 Å². The predicted molar refractivity (Wildman–Crippen MR) is 63.5 cm³/mol. The summed E-state index contributed by atoms with van der Waals surface area (Å²) in [7, 11) is 0. The van der Waals surface area contributed by atoms with E-state index in [-0.39, 0.29) is 0 Å². The standard InChI is InChI=1S/C11H10BrClO/c1-2-8(7-14)5-9-3-4-10(13)6-11(9)12/h3-7H,2H2,1H3/b8-5-. The topological polar surface area (TPSA) is 17.1 Å². The smallest absolute Gasteiger partial charge is 0.146 e. The van der Waals surface area contributed by atoms with Crippen molar-refractivity contribution in [1.29, 1.82) is 0 Å². The number of benzene rings is 1. The van der Waals surface area contributed by atoms with Crippen molar-refractivity contribution in [2.75, 3.05) is 0 Å². The van der Waals surface area contributed by atoms with Gasteiger partial charge in [-0.1, -0.05) is 40.5 Å². The van der Waals surface area contributed by atoms with Crippen molar-refractivity contribution >= 4 is 39.9 Å². The van der Waals surface area contributed by atoms with Gasteiger partial charge in [-0.25, -0.2) is 0 Å². The molecule has 1 aromatic carbocycles. The van der Waals surface area contributed by atoms with Crippen LogP contribution in [-0.2, 0) is 4.79 Å². The molecule has 0 aromatic heterocycles. The molecule has 1 rings (SSSR count). The van der Waals surface area contributed by atoms with Crippen molar-refractivity contribution < 1.29 is 4.79 Å². The summed E-state index contributed by atoms with van der Waals surface area (Å²) in [5.74, 6) is 0. The fourth-order valence-corrected chi connectivity index (χ4v) is 1.83. The van der Waals surface area contributed by atoms with E-state index in [9.17, 15) is 4.79 Å². The Hall–Kier alpha value is -0.600. The maximum absolute atomic E-state index is 10.6. The third-order valence-corrected chi connectivity index (χ3v) is 2.78. The zero-order chi connectivity index (χ0) is 10.6. The zero-order valence-electron chi connectivity index (χ0n) is 7.76. The molecule has 0 unspecified atom stereocenters. The van der Waals surface area contributed by atoms with Crippen LogP contribution in [0.2, 0.25) is 5.02 Å². The van der Waals surface area contributed by atoms with E-state index in [1.165, 1.54) is 0 Å². The van der Waals surface area contributed by atoms with Crippen molar-refractivity contribution in [2.45, 2.75) is 13.3 Å². The van der Waals surface area contributed by atoms with Gasteiger partial charge in [-0.15, -0.1) is 0 Å². The second-order valence-corrected chi connectivity index (χ2v) is 4.15. The highest BCUT2D eigenvalue weighted by Crippen LogP contribution is 2.23. The zero-order valence-corrected chi connectivity index (χ0v) is 10.1. The molecule has 0 saturated carbocycles. The number of aldehydes is 1. The van der Waals surface area contributed by atoms with Crippen molar-refractivity contribution in [1.82, 2.24) is 0 Å². The van der Waals surface area contributed by atoms with Crippen LogP contribution in [0, 0.1) is 0 Å². The number of carbonyl (C=O) groups is 1. The minimum Gasteiger partial charge on any atom is -0.298 e. The maximum Gasteiger partial charge on any atom is 0.146 e. The van der Waals surface area contributed by atoms with Crippen LogP contribution < -0.4 is 0 Å². The fourth-order valence-electron chi connectivity index (χ4n) is 1.04. The first-order valence-corrected chi connectivity index (χ1v) is 5.45. The molecule has 0 spiro atoms. The Morgan fingerprint density at radius 3 is 2.79 bits per heavy atom. The molecule has 1 nitrogen and oxygen atoms in total. The van der Waals surface area contributed by atoms with E-state index in [0.717, 1.165) is 28.3 Å². The molecular formula is C11H10BrClO. The maximum atomic E-state index is 10.6. The van der Waals surface area contributed by atoms with E-state index in [2.05, 4.69) is 15.9 Å². The molecule has 3 heteroatoms. The lowest BCUT2D eigenvalue weighted by Crippen LogP contribution is -1.83. The second kappa shape index (κ2) is 5.32. The van der Waals surface area contributed by atoms with Crippen LogP contribution in [0.3, 0.4) is 0 Å². The SMILES string of the molecule is CC/C(C=O)=C/c1ccc(Cl)cc1Br. The van der Waals surface area contributed by atoms with Crippen LogP contribution in [0.1, 0.15) is 18.9 Å². The summed E-state index contributed by atoms with van der Waals surface area (Å²) in [4.78, 5) is 10.6. The molecule has 0 fully saturated rings. The van der Waals surface area contributed by atoms with E-state index < -0.39 is 0 Å². The molecule has 0 heterocycles. The average molecular weight is 274 g/mol. The minimum absolute atomic E-state index is 0.679.